The number of halogens is 1. The fourth-order valence-electron chi connectivity index (χ4n) is 1.75. The summed E-state index contributed by atoms with van der Waals surface area (Å²) >= 11 is 5.73. The number of pyridine rings is 1. The Morgan fingerprint density at radius 2 is 2.31 bits per heavy atom. The third-order valence-electron chi connectivity index (χ3n) is 3.10. The number of hydrogen-bond donors (Lipinski definition) is 1. The van der Waals surface area contributed by atoms with Gasteiger partial charge in [0.2, 0.25) is 0 Å². The first-order chi connectivity index (χ1) is 7.76. The number of carbonyl (C=O) groups is 1. The molecular weight excluding hydrogens is 224 g/mol. The number of hydrogen-bond acceptors (Lipinski definition) is 2. The summed E-state index contributed by atoms with van der Waals surface area (Å²) in [4.78, 5) is 15.7. The smallest absolute Gasteiger partial charge is 0.269 e. The summed E-state index contributed by atoms with van der Waals surface area (Å²) in [6.45, 7) is 0.717. The standard InChI is InChI=1S/C12H15ClN2O/c13-7-6-12(4-5-12)9-15-11(16)10-3-1-2-8-14-10/h1-3,8H,4-7,9H2,(H,15,16). The van der Waals surface area contributed by atoms with Gasteiger partial charge in [-0.25, -0.2) is 0 Å². The molecule has 0 unspecified atom stereocenters. The Morgan fingerprint density at radius 3 is 2.88 bits per heavy atom. The number of nitrogens with one attached hydrogen (secondary N) is 1. The first kappa shape index (κ1) is 11.4. The van der Waals surface area contributed by atoms with Crippen molar-refractivity contribution in [2.24, 2.45) is 5.41 Å². The minimum Gasteiger partial charge on any atom is -0.350 e. The molecule has 0 atom stereocenters. The lowest BCUT2D eigenvalue weighted by molar-refractivity contribution is 0.0939. The molecule has 1 amide bonds. The van der Waals surface area contributed by atoms with Crippen LogP contribution in [-0.4, -0.2) is 23.3 Å². The second-order valence-corrected chi connectivity index (χ2v) is 4.71. The van der Waals surface area contributed by atoms with Crippen LogP contribution in [0, 0.1) is 5.41 Å². The van der Waals surface area contributed by atoms with E-state index in [0.717, 1.165) is 13.0 Å². The van der Waals surface area contributed by atoms with Gasteiger partial charge in [0.25, 0.3) is 5.91 Å². The highest BCUT2D eigenvalue weighted by Crippen LogP contribution is 2.48. The predicted octanol–water partition coefficient (Wildman–Crippen LogP) is 2.22. The summed E-state index contributed by atoms with van der Waals surface area (Å²) in [6, 6.07) is 5.33. The lowest BCUT2D eigenvalue weighted by Gasteiger charge is -2.13. The number of amides is 1. The maximum Gasteiger partial charge on any atom is 0.269 e. The Hall–Kier alpha value is -1.09. The lowest BCUT2D eigenvalue weighted by atomic mass is 10.0. The second-order valence-electron chi connectivity index (χ2n) is 4.34. The van der Waals surface area contributed by atoms with Gasteiger partial charge in [-0.1, -0.05) is 6.07 Å². The number of alkyl halides is 1. The molecule has 1 fully saturated rings. The monoisotopic (exact) mass is 238 g/mol. The molecule has 16 heavy (non-hydrogen) atoms. The number of carbonyl (C=O) groups excluding carboxylic acids is 1. The Labute approximate surface area is 100 Å². The molecule has 0 bridgehead atoms. The van der Waals surface area contributed by atoms with Crippen LogP contribution in [0.5, 0.6) is 0 Å². The molecule has 0 radical (unpaired) electrons. The van der Waals surface area contributed by atoms with E-state index in [2.05, 4.69) is 10.3 Å². The van der Waals surface area contributed by atoms with Crippen molar-refractivity contribution < 1.29 is 4.79 Å². The van der Waals surface area contributed by atoms with Gasteiger partial charge in [-0.2, -0.15) is 0 Å². The molecule has 2 rings (SSSR count). The van der Waals surface area contributed by atoms with Crippen LogP contribution in [0.15, 0.2) is 24.4 Å². The van der Waals surface area contributed by atoms with Gasteiger partial charge in [-0.15, -0.1) is 11.6 Å². The number of aromatic nitrogens is 1. The van der Waals surface area contributed by atoms with Crippen molar-refractivity contribution in [3.8, 4) is 0 Å². The number of rotatable bonds is 5. The van der Waals surface area contributed by atoms with Crippen LogP contribution in [0.25, 0.3) is 0 Å². The van der Waals surface area contributed by atoms with E-state index in [1.807, 2.05) is 6.07 Å². The average Bonchev–Trinajstić information content (AvgIpc) is 3.08. The van der Waals surface area contributed by atoms with Crippen LogP contribution in [0.1, 0.15) is 29.8 Å². The molecule has 1 aromatic heterocycles. The van der Waals surface area contributed by atoms with Crippen molar-refractivity contribution in [1.29, 1.82) is 0 Å². The summed E-state index contributed by atoms with van der Waals surface area (Å²) < 4.78 is 0. The zero-order valence-corrected chi connectivity index (χ0v) is 9.83. The van der Waals surface area contributed by atoms with Crippen LogP contribution in [0.2, 0.25) is 0 Å². The molecule has 3 nitrogen and oxygen atoms in total. The van der Waals surface area contributed by atoms with E-state index in [1.165, 1.54) is 12.8 Å². The zero-order chi connectivity index (χ0) is 11.4. The fourth-order valence-corrected chi connectivity index (χ4v) is 2.15. The molecule has 86 valence electrons. The summed E-state index contributed by atoms with van der Waals surface area (Å²) in [7, 11) is 0. The topological polar surface area (TPSA) is 42.0 Å². The Balaban J connectivity index is 1.85. The van der Waals surface area contributed by atoms with Gasteiger partial charge in [0.05, 0.1) is 0 Å². The van der Waals surface area contributed by atoms with Crippen molar-refractivity contribution in [2.75, 3.05) is 12.4 Å². The van der Waals surface area contributed by atoms with E-state index in [1.54, 1.807) is 18.3 Å². The molecule has 1 saturated carbocycles. The molecule has 0 aromatic carbocycles. The summed E-state index contributed by atoms with van der Waals surface area (Å²) in [5, 5.41) is 2.93. The minimum absolute atomic E-state index is 0.0959. The maximum absolute atomic E-state index is 11.7. The number of nitrogens with zero attached hydrogens (tertiary/aromatic N) is 1. The average molecular weight is 239 g/mol. The van der Waals surface area contributed by atoms with Gasteiger partial charge in [0.15, 0.2) is 0 Å². The summed E-state index contributed by atoms with van der Waals surface area (Å²) in [6.07, 6.45) is 4.95. The quantitative estimate of drug-likeness (QED) is 0.800. The Bertz CT molecular complexity index is 363. The van der Waals surface area contributed by atoms with Gasteiger partial charge >= 0.3 is 0 Å². The van der Waals surface area contributed by atoms with Gasteiger partial charge in [0, 0.05) is 18.6 Å². The molecule has 1 N–H and O–H groups in total. The highest BCUT2D eigenvalue weighted by molar-refractivity contribution is 6.17. The third-order valence-corrected chi connectivity index (χ3v) is 3.29. The molecule has 0 aliphatic heterocycles. The highest BCUT2D eigenvalue weighted by Gasteiger charge is 2.41. The van der Waals surface area contributed by atoms with Gasteiger partial charge in [-0.05, 0) is 36.8 Å². The molecule has 1 aliphatic rings. The van der Waals surface area contributed by atoms with E-state index in [-0.39, 0.29) is 11.3 Å². The molecule has 0 saturated heterocycles. The van der Waals surface area contributed by atoms with E-state index in [4.69, 9.17) is 11.6 Å². The van der Waals surface area contributed by atoms with Crippen LogP contribution < -0.4 is 5.32 Å². The first-order valence-corrected chi connectivity index (χ1v) is 6.04. The minimum atomic E-state index is -0.0959. The molecule has 4 heteroatoms. The lowest BCUT2D eigenvalue weighted by Crippen LogP contribution is -2.30. The van der Waals surface area contributed by atoms with Crippen molar-refractivity contribution in [3.05, 3.63) is 30.1 Å². The predicted molar refractivity (Wildman–Crippen MR) is 63.6 cm³/mol. The normalized spacial score (nSPS) is 16.8. The van der Waals surface area contributed by atoms with Crippen molar-refractivity contribution in [1.82, 2.24) is 10.3 Å². The zero-order valence-electron chi connectivity index (χ0n) is 9.08. The second kappa shape index (κ2) is 4.83. The van der Waals surface area contributed by atoms with E-state index in [9.17, 15) is 4.79 Å². The van der Waals surface area contributed by atoms with Gasteiger partial charge in [0.1, 0.15) is 5.69 Å². The summed E-state index contributed by atoms with van der Waals surface area (Å²) in [5.74, 6) is 0.570. The third kappa shape index (κ3) is 2.73. The maximum atomic E-state index is 11.7. The first-order valence-electron chi connectivity index (χ1n) is 5.51. The van der Waals surface area contributed by atoms with Gasteiger partial charge in [-0.3, -0.25) is 9.78 Å². The SMILES string of the molecule is O=C(NCC1(CCCl)CC1)c1ccccn1. The summed E-state index contributed by atoms with van der Waals surface area (Å²) in [5.41, 5.74) is 0.746. The molecule has 1 heterocycles. The highest BCUT2D eigenvalue weighted by atomic mass is 35.5. The van der Waals surface area contributed by atoms with E-state index >= 15 is 0 Å². The molecule has 1 aromatic rings. The van der Waals surface area contributed by atoms with Crippen molar-refractivity contribution in [3.63, 3.8) is 0 Å². The largest absolute Gasteiger partial charge is 0.350 e. The Morgan fingerprint density at radius 1 is 1.50 bits per heavy atom. The van der Waals surface area contributed by atoms with Crippen LogP contribution in [0.3, 0.4) is 0 Å². The molecular formula is C12H15ClN2O. The van der Waals surface area contributed by atoms with Crippen molar-refractivity contribution in [2.45, 2.75) is 19.3 Å². The molecule has 0 spiro atoms. The van der Waals surface area contributed by atoms with Crippen LogP contribution >= 0.6 is 11.6 Å². The van der Waals surface area contributed by atoms with E-state index in [0.29, 0.717) is 11.6 Å². The van der Waals surface area contributed by atoms with Crippen molar-refractivity contribution >= 4 is 17.5 Å². The van der Waals surface area contributed by atoms with Crippen LogP contribution in [0.4, 0.5) is 0 Å². The van der Waals surface area contributed by atoms with Crippen LogP contribution in [-0.2, 0) is 0 Å². The van der Waals surface area contributed by atoms with Gasteiger partial charge < -0.3 is 5.32 Å². The molecule has 1 aliphatic carbocycles. The van der Waals surface area contributed by atoms with E-state index < -0.39 is 0 Å². The Kier molecular flexibility index (Phi) is 3.44. The fraction of sp³-hybridized carbons (Fsp3) is 0.500.